The summed E-state index contributed by atoms with van der Waals surface area (Å²) in [6, 6.07) is 4.13. The van der Waals surface area contributed by atoms with Crippen LogP contribution < -0.4 is 5.73 Å². The van der Waals surface area contributed by atoms with Crippen LogP contribution in [0.25, 0.3) is 0 Å². The molecule has 1 aromatic carbocycles. The number of hydrogen-bond acceptors (Lipinski definition) is 2. The van der Waals surface area contributed by atoms with Crippen LogP contribution in [0.2, 0.25) is 0 Å². The fourth-order valence-electron chi connectivity index (χ4n) is 1.49. The maximum atomic E-state index is 5.79. The number of fused-ring (bicyclic) bond motifs is 1. The van der Waals surface area contributed by atoms with Crippen molar-refractivity contribution in [1.29, 1.82) is 0 Å². The van der Waals surface area contributed by atoms with Crippen LogP contribution in [-0.4, -0.2) is 0 Å². The molecule has 1 aliphatic heterocycles. The molecule has 0 saturated carbocycles. The third kappa shape index (κ3) is 2.01. The Morgan fingerprint density at radius 1 is 1.23 bits per heavy atom. The molecule has 0 aromatic heterocycles. The SMILES string of the molecule is CC.Cc1cc(N)c2c(c1)COC2. The third-order valence-corrected chi connectivity index (χ3v) is 2.03. The Bertz CT molecular complexity index is 294. The van der Waals surface area contributed by atoms with Gasteiger partial charge in [-0.05, 0) is 24.1 Å². The first kappa shape index (κ1) is 10.1. The summed E-state index contributed by atoms with van der Waals surface area (Å²) in [4.78, 5) is 0. The van der Waals surface area contributed by atoms with Gasteiger partial charge >= 0.3 is 0 Å². The number of hydrogen-bond donors (Lipinski definition) is 1. The van der Waals surface area contributed by atoms with Gasteiger partial charge in [0.2, 0.25) is 0 Å². The Kier molecular flexibility index (Phi) is 3.32. The van der Waals surface area contributed by atoms with E-state index in [9.17, 15) is 0 Å². The van der Waals surface area contributed by atoms with Gasteiger partial charge in [0.15, 0.2) is 0 Å². The van der Waals surface area contributed by atoms with Crippen molar-refractivity contribution in [2.45, 2.75) is 34.0 Å². The van der Waals surface area contributed by atoms with E-state index in [0.717, 1.165) is 12.3 Å². The van der Waals surface area contributed by atoms with Crippen LogP contribution in [0.15, 0.2) is 12.1 Å². The summed E-state index contributed by atoms with van der Waals surface area (Å²) in [5.41, 5.74) is 10.3. The molecule has 1 heterocycles. The van der Waals surface area contributed by atoms with Gasteiger partial charge in [0, 0.05) is 11.3 Å². The van der Waals surface area contributed by atoms with Crippen LogP contribution in [0, 0.1) is 6.92 Å². The molecule has 0 atom stereocenters. The molecule has 0 bridgehead atoms. The second-order valence-electron chi connectivity index (χ2n) is 2.98. The topological polar surface area (TPSA) is 35.2 Å². The maximum absolute atomic E-state index is 5.79. The highest BCUT2D eigenvalue weighted by molar-refractivity contribution is 5.53. The van der Waals surface area contributed by atoms with Crippen molar-refractivity contribution in [1.82, 2.24) is 0 Å². The summed E-state index contributed by atoms with van der Waals surface area (Å²) in [6.45, 7) is 7.46. The Morgan fingerprint density at radius 3 is 2.62 bits per heavy atom. The van der Waals surface area contributed by atoms with Crippen molar-refractivity contribution in [3.8, 4) is 0 Å². The lowest BCUT2D eigenvalue weighted by Gasteiger charge is -2.02. The summed E-state index contributed by atoms with van der Waals surface area (Å²) < 4.78 is 5.27. The number of nitrogens with two attached hydrogens (primary N) is 1. The molecular weight excluding hydrogens is 162 g/mol. The molecule has 0 radical (unpaired) electrons. The van der Waals surface area contributed by atoms with E-state index in [0.29, 0.717) is 6.61 Å². The molecule has 2 nitrogen and oxygen atoms in total. The number of rotatable bonds is 0. The first-order chi connectivity index (χ1) is 6.27. The average molecular weight is 179 g/mol. The molecule has 2 rings (SSSR count). The van der Waals surface area contributed by atoms with Crippen LogP contribution in [0.5, 0.6) is 0 Å². The van der Waals surface area contributed by atoms with Gasteiger partial charge in [0.25, 0.3) is 0 Å². The van der Waals surface area contributed by atoms with Crippen molar-refractivity contribution in [2.75, 3.05) is 5.73 Å². The third-order valence-electron chi connectivity index (χ3n) is 2.03. The predicted octanol–water partition coefficient (Wildman–Crippen LogP) is 2.63. The van der Waals surface area contributed by atoms with Crippen molar-refractivity contribution in [3.63, 3.8) is 0 Å². The fraction of sp³-hybridized carbons (Fsp3) is 0.455. The molecule has 0 fully saturated rings. The zero-order chi connectivity index (χ0) is 9.84. The largest absolute Gasteiger partial charge is 0.398 e. The van der Waals surface area contributed by atoms with Crippen LogP contribution in [0.1, 0.15) is 30.5 Å². The van der Waals surface area contributed by atoms with Crippen molar-refractivity contribution in [2.24, 2.45) is 0 Å². The Hall–Kier alpha value is -1.02. The zero-order valence-electron chi connectivity index (χ0n) is 8.55. The standard InChI is InChI=1S/C9H11NO.C2H6/c1-6-2-7-4-11-5-8(7)9(10)3-6;1-2/h2-3H,4-5,10H2,1H3;1-2H3. The van der Waals surface area contributed by atoms with Gasteiger partial charge < -0.3 is 10.5 Å². The minimum Gasteiger partial charge on any atom is -0.398 e. The van der Waals surface area contributed by atoms with Gasteiger partial charge in [0.05, 0.1) is 13.2 Å². The van der Waals surface area contributed by atoms with Gasteiger partial charge in [-0.15, -0.1) is 0 Å². The second kappa shape index (κ2) is 4.28. The second-order valence-corrected chi connectivity index (χ2v) is 2.98. The van der Waals surface area contributed by atoms with E-state index in [1.807, 2.05) is 19.9 Å². The Labute approximate surface area is 79.7 Å². The average Bonchev–Trinajstić information content (AvgIpc) is 2.55. The molecule has 2 heteroatoms. The van der Waals surface area contributed by atoms with Crippen LogP contribution in [0.3, 0.4) is 0 Å². The smallest absolute Gasteiger partial charge is 0.0745 e. The molecule has 0 saturated heterocycles. The van der Waals surface area contributed by atoms with Crippen LogP contribution in [-0.2, 0) is 18.0 Å². The molecule has 72 valence electrons. The lowest BCUT2D eigenvalue weighted by molar-refractivity contribution is 0.134. The molecule has 2 N–H and O–H groups in total. The highest BCUT2D eigenvalue weighted by atomic mass is 16.5. The fourth-order valence-corrected chi connectivity index (χ4v) is 1.49. The van der Waals surface area contributed by atoms with E-state index in [4.69, 9.17) is 10.5 Å². The van der Waals surface area contributed by atoms with E-state index in [-0.39, 0.29) is 0 Å². The van der Waals surface area contributed by atoms with E-state index >= 15 is 0 Å². The highest BCUT2D eigenvalue weighted by Crippen LogP contribution is 2.26. The maximum Gasteiger partial charge on any atom is 0.0745 e. The van der Waals surface area contributed by atoms with Crippen LogP contribution >= 0.6 is 0 Å². The first-order valence-corrected chi connectivity index (χ1v) is 4.73. The van der Waals surface area contributed by atoms with Crippen molar-refractivity contribution >= 4 is 5.69 Å². The number of aryl methyl sites for hydroxylation is 1. The van der Waals surface area contributed by atoms with Crippen LogP contribution in [0.4, 0.5) is 5.69 Å². The predicted molar refractivity (Wildman–Crippen MR) is 55.4 cm³/mol. The van der Waals surface area contributed by atoms with Gasteiger partial charge in [-0.1, -0.05) is 19.9 Å². The van der Waals surface area contributed by atoms with Gasteiger partial charge in [-0.25, -0.2) is 0 Å². The monoisotopic (exact) mass is 179 g/mol. The number of benzene rings is 1. The minimum absolute atomic E-state index is 0.682. The molecule has 0 unspecified atom stereocenters. The molecule has 1 aromatic rings. The number of anilines is 1. The van der Waals surface area contributed by atoms with Gasteiger partial charge in [-0.2, -0.15) is 0 Å². The van der Waals surface area contributed by atoms with E-state index in [2.05, 4.69) is 13.0 Å². The summed E-state index contributed by atoms with van der Waals surface area (Å²) in [5, 5.41) is 0. The Balaban J connectivity index is 0.000000396. The molecular formula is C11H17NO. The quantitative estimate of drug-likeness (QED) is 0.621. The van der Waals surface area contributed by atoms with Gasteiger partial charge in [0.1, 0.15) is 0 Å². The molecule has 0 spiro atoms. The van der Waals surface area contributed by atoms with E-state index < -0.39 is 0 Å². The van der Waals surface area contributed by atoms with E-state index in [1.54, 1.807) is 0 Å². The zero-order valence-corrected chi connectivity index (χ0v) is 8.55. The lowest BCUT2D eigenvalue weighted by atomic mass is 10.1. The molecule has 0 aliphatic carbocycles. The Morgan fingerprint density at radius 2 is 1.92 bits per heavy atom. The lowest BCUT2D eigenvalue weighted by Crippen LogP contribution is -1.94. The molecule has 1 aliphatic rings. The summed E-state index contributed by atoms with van der Waals surface area (Å²) >= 11 is 0. The minimum atomic E-state index is 0.682. The number of ether oxygens (including phenoxy) is 1. The highest BCUT2D eigenvalue weighted by Gasteiger charge is 2.13. The van der Waals surface area contributed by atoms with E-state index in [1.165, 1.54) is 16.7 Å². The van der Waals surface area contributed by atoms with Gasteiger partial charge in [-0.3, -0.25) is 0 Å². The molecule has 0 amide bonds. The first-order valence-electron chi connectivity index (χ1n) is 4.73. The van der Waals surface area contributed by atoms with Crippen molar-refractivity contribution < 1.29 is 4.74 Å². The normalized spacial score (nSPS) is 13.2. The molecule has 13 heavy (non-hydrogen) atoms. The summed E-state index contributed by atoms with van der Waals surface area (Å²) in [7, 11) is 0. The number of nitrogen functional groups attached to an aromatic ring is 1. The summed E-state index contributed by atoms with van der Waals surface area (Å²) in [5.74, 6) is 0. The van der Waals surface area contributed by atoms with Crippen molar-refractivity contribution in [3.05, 3.63) is 28.8 Å². The summed E-state index contributed by atoms with van der Waals surface area (Å²) in [6.07, 6.45) is 0.